The van der Waals surface area contributed by atoms with Crippen molar-refractivity contribution in [1.82, 2.24) is 4.90 Å². The quantitative estimate of drug-likeness (QED) is 0.180. The average molecular weight is 782 g/mol. The van der Waals surface area contributed by atoms with Crippen LogP contribution in [0.1, 0.15) is 132 Å². The number of aliphatic carboxylic acids is 1. The molecule has 0 bridgehead atoms. The van der Waals surface area contributed by atoms with Crippen molar-refractivity contribution < 1.29 is 29.3 Å². The number of allylic oxidation sites excluding steroid dienone is 1. The van der Waals surface area contributed by atoms with Crippen LogP contribution in [0, 0.1) is 56.2 Å². The van der Waals surface area contributed by atoms with Gasteiger partial charge in [-0.05, 0) is 128 Å². The molecule has 0 aromatic heterocycles. The number of halogens is 1. The van der Waals surface area contributed by atoms with Gasteiger partial charge in [0.25, 0.3) is 0 Å². The van der Waals surface area contributed by atoms with E-state index in [9.17, 15) is 24.6 Å². The van der Waals surface area contributed by atoms with Gasteiger partial charge in [-0.3, -0.25) is 19.3 Å². The molecule has 0 aliphatic heterocycles. The minimum Gasteiger partial charge on any atom is -0.481 e. The second-order valence-corrected chi connectivity index (χ2v) is 21.2. The predicted octanol–water partition coefficient (Wildman–Crippen LogP) is 8.86. The van der Waals surface area contributed by atoms with E-state index >= 15 is 0 Å². The lowest BCUT2D eigenvalue weighted by molar-refractivity contribution is -0.235. The lowest BCUT2D eigenvalue weighted by Gasteiger charge is -2.72. The molecule has 0 spiro atoms. The van der Waals surface area contributed by atoms with Crippen molar-refractivity contribution in [2.45, 2.75) is 145 Å². The fourth-order valence-electron chi connectivity index (χ4n) is 13.6. The van der Waals surface area contributed by atoms with Crippen LogP contribution in [-0.4, -0.2) is 64.7 Å². The van der Waals surface area contributed by atoms with E-state index in [2.05, 4.69) is 53.4 Å². The molecule has 1 aromatic rings. The van der Waals surface area contributed by atoms with E-state index in [0.717, 1.165) is 62.5 Å². The number of rotatable bonds is 12. The first-order valence-electron chi connectivity index (χ1n) is 21.1. The van der Waals surface area contributed by atoms with Gasteiger partial charge >= 0.3 is 11.9 Å². The highest BCUT2D eigenvalue weighted by atomic mass is 35.5. The fourth-order valence-corrected chi connectivity index (χ4v) is 13.7. The molecule has 6 rings (SSSR count). The maximum atomic E-state index is 14.2. The Bertz CT molecular complexity index is 1690. The Kier molecular flexibility index (Phi) is 11.4. The molecule has 0 unspecified atom stereocenters. The highest BCUT2D eigenvalue weighted by Crippen LogP contribution is 2.77. The predicted molar refractivity (Wildman–Crippen MR) is 217 cm³/mol. The zero-order valence-corrected chi connectivity index (χ0v) is 35.9. The summed E-state index contributed by atoms with van der Waals surface area (Å²) in [5.41, 5.74) is 7.54. The molecular formula is C46H69ClN2O6. The molecule has 5 aliphatic rings. The Balaban J connectivity index is 1.28. The molecule has 0 radical (unpaired) electrons. The zero-order chi connectivity index (χ0) is 40.5. The van der Waals surface area contributed by atoms with E-state index in [-0.39, 0.29) is 51.8 Å². The molecule has 0 heterocycles. The average Bonchev–Trinajstić information content (AvgIpc) is 3.40. The molecule has 0 saturated heterocycles. The minimum absolute atomic E-state index is 0.0320. The zero-order valence-electron chi connectivity index (χ0n) is 35.1. The SMILES string of the molecule is CC(C)C1=C2[C@H]3CC[C@@H]4[C@@]5(C)CC[C@H](OC(=O)CC(C)(C)C(=O)O)C(C)(C)[C@@H]5CC[C@@]4(C)[C@]3(C)CC[C@@]2([C@@H](O)CN(CCN)Cc2ccc(Cl)cc2)CC1=O. The summed E-state index contributed by atoms with van der Waals surface area (Å²) in [5.74, 6) is -0.0535. The number of nitrogens with zero attached hydrogens (tertiary/aromatic N) is 1. The van der Waals surface area contributed by atoms with Crippen LogP contribution in [0.25, 0.3) is 0 Å². The van der Waals surface area contributed by atoms with Crippen molar-refractivity contribution in [2.75, 3.05) is 19.6 Å². The molecular weight excluding hydrogens is 712 g/mol. The van der Waals surface area contributed by atoms with E-state index < -0.39 is 28.9 Å². The number of hydrogen-bond acceptors (Lipinski definition) is 7. The Hall–Kier alpha value is -2.26. The normalized spacial score (nSPS) is 36.2. The number of carboxylic acids is 1. The number of Topliss-reactive ketones (excluding diaryl/α,β-unsaturated/α-hetero) is 1. The highest BCUT2D eigenvalue weighted by molar-refractivity contribution is 6.30. The van der Waals surface area contributed by atoms with E-state index in [1.807, 2.05) is 24.3 Å². The Morgan fingerprint density at radius 2 is 1.64 bits per heavy atom. The Morgan fingerprint density at radius 1 is 0.964 bits per heavy atom. The number of esters is 1. The topological polar surface area (TPSA) is 130 Å². The number of nitrogens with two attached hydrogens (primary N) is 1. The summed E-state index contributed by atoms with van der Waals surface area (Å²) in [4.78, 5) is 41.4. The number of fused-ring (bicyclic) bond motifs is 7. The van der Waals surface area contributed by atoms with E-state index in [0.29, 0.717) is 49.5 Å². The van der Waals surface area contributed by atoms with Crippen LogP contribution >= 0.6 is 11.6 Å². The summed E-state index contributed by atoms with van der Waals surface area (Å²) >= 11 is 6.19. The number of ether oxygens (including phenoxy) is 1. The van der Waals surface area contributed by atoms with Crippen molar-refractivity contribution >= 4 is 29.3 Å². The van der Waals surface area contributed by atoms with Crippen molar-refractivity contribution in [1.29, 1.82) is 0 Å². The van der Waals surface area contributed by atoms with Crippen LogP contribution in [0.15, 0.2) is 35.4 Å². The fraction of sp³-hybridized carbons (Fsp3) is 0.761. The van der Waals surface area contributed by atoms with Gasteiger partial charge < -0.3 is 20.7 Å². The molecule has 4 N–H and O–H groups in total. The first kappa shape index (κ1) is 42.3. The van der Waals surface area contributed by atoms with Gasteiger partial charge in [0.1, 0.15) is 6.10 Å². The van der Waals surface area contributed by atoms with Gasteiger partial charge in [-0.1, -0.05) is 77.8 Å². The first-order chi connectivity index (χ1) is 25.6. The second kappa shape index (κ2) is 14.8. The van der Waals surface area contributed by atoms with Gasteiger partial charge in [0.15, 0.2) is 5.78 Å². The van der Waals surface area contributed by atoms with E-state index in [1.165, 1.54) is 5.57 Å². The Labute approximate surface area is 335 Å². The number of ketones is 1. The van der Waals surface area contributed by atoms with Crippen LogP contribution in [0.3, 0.4) is 0 Å². The number of benzene rings is 1. The summed E-state index contributed by atoms with van der Waals surface area (Å²) in [6.45, 7) is 21.9. The van der Waals surface area contributed by atoms with Crippen molar-refractivity contribution in [3.05, 3.63) is 46.0 Å². The smallest absolute Gasteiger partial charge is 0.309 e. The van der Waals surface area contributed by atoms with Gasteiger partial charge in [0, 0.05) is 48.5 Å². The number of carboxylic acid groups (broad SMARTS) is 1. The number of carbonyl (C=O) groups is 3. The van der Waals surface area contributed by atoms with E-state index in [1.54, 1.807) is 13.8 Å². The third-order valence-corrected chi connectivity index (χ3v) is 16.9. The van der Waals surface area contributed by atoms with Gasteiger partial charge in [-0.2, -0.15) is 0 Å². The van der Waals surface area contributed by atoms with Gasteiger partial charge in [0.05, 0.1) is 17.9 Å². The van der Waals surface area contributed by atoms with Crippen LogP contribution in [-0.2, 0) is 25.7 Å². The minimum atomic E-state index is -1.17. The van der Waals surface area contributed by atoms with Crippen LogP contribution in [0.4, 0.5) is 0 Å². The van der Waals surface area contributed by atoms with Gasteiger partial charge in [-0.15, -0.1) is 0 Å². The van der Waals surface area contributed by atoms with Crippen molar-refractivity contribution in [3.8, 4) is 0 Å². The first-order valence-corrected chi connectivity index (χ1v) is 21.5. The number of hydrogen-bond donors (Lipinski definition) is 3. The van der Waals surface area contributed by atoms with Crippen LogP contribution in [0.5, 0.6) is 0 Å². The molecule has 55 heavy (non-hydrogen) atoms. The number of carbonyl (C=O) groups excluding carboxylic acids is 2. The maximum Gasteiger partial charge on any atom is 0.309 e. The Morgan fingerprint density at radius 3 is 2.25 bits per heavy atom. The second-order valence-electron chi connectivity index (χ2n) is 20.7. The monoisotopic (exact) mass is 780 g/mol. The molecule has 8 nitrogen and oxygen atoms in total. The van der Waals surface area contributed by atoms with Gasteiger partial charge in [0.2, 0.25) is 0 Å². The van der Waals surface area contributed by atoms with Crippen molar-refractivity contribution in [3.63, 3.8) is 0 Å². The largest absolute Gasteiger partial charge is 0.481 e. The number of aliphatic hydroxyl groups is 1. The summed E-state index contributed by atoms with van der Waals surface area (Å²) < 4.78 is 6.18. The summed E-state index contributed by atoms with van der Waals surface area (Å²) in [7, 11) is 0. The van der Waals surface area contributed by atoms with Gasteiger partial charge in [-0.25, -0.2) is 0 Å². The number of aliphatic hydroxyl groups excluding tert-OH is 1. The van der Waals surface area contributed by atoms with Crippen LogP contribution in [0.2, 0.25) is 5.02 Å². The molecule has 4 fully saturated rings. The third kappa shape index (κ3) is 6.95. The summed E-state index contributed by atoms with van der Waals surface area (Å²) in [6, 6.07) is 7.86. The molecule has 0 amide bonds. The summed E-state index contributed by atoms with van der Waals surface area (Å²) in [5, 5.41) is 22.8. The third-order valence-electron chi connectivity index (χ3n) is 16.7. The molecule has 1 aromatic carbocycles. The molecule has 306 valence electrons. The van der Waals surface area contributed by atoms with Crippen molar-refractivity contribution in [2.24, 2.45) is 61.9 Å². The highest BCUT2D eigenvalue weighted by Gasteiger charge is 2.71. The molecule has 9 heteroatoms. The van der Waals surface area contributed by atoms with Crippen LogP contribution < -0.4 is 5.73 Å². The molecule has 4 saturated carbocycles. The standard InChI is InChI=1S/C46H69ClN2O6/c1-28(2)38-32(50)24-46(35(51)27-49(23-22-48)26-29-10-12-30(47)13-11-29)21-20-44(8)31(39(38)46)14-15-34-43(7)18-17-36(55-37(52)25-41(3,4)40(53)54)42(5,6)33(43)16-19-45(34,44)9/h10-13,28,31,33-36,51H,14-27,48H2,1-9H3,(H,53,54)/t31-,33+,34-,35+,36+,43+,44-,45-,46+/m1/s1. The summed E-state index contributed by atoms with van der Waals surface area (Å²) in [6.07, 6.45) is 7.00. The lowest BCUT2D eigenvalue weighted by Crippen LogP contribution is -2.66. The molecule has 5 aliphatic carbocycles. The maximum absolute atomic E-state index is 14.2. The molecule has 9 atom stereocenters. The van der Waals surface area contributed by atoms with E-state index in [4.69, 9.17) is 22.1 Å². The lowest BCUT2D eigenvalue weighted by atomic mass is 9.33.